The summed E-state index contributed by atoms with van der Waals surface area (Å²) in [7, 11) is 0. The van der Waals surface area contributed by atoms with Crippen LogP contribution in [0.5, 0.6) is 0 Å². The van der Waals surface area contributed by atoms with Gasteiger partial charge in [-0.3, -0.25) is 14.9 Å². The van der Waals surface area contributed by atoms with Gasteiger partial charge in [-0.15, -0.1) is 0 Å². The molecule has 1 rings (SSSR count). The lowest BCUT2D eigenvalue weighted by Crippen LogP contribution is -2.20. The Kier molecular flexibility index (Phi) is 4.83. The van der Waals surface area contributed by atoms with E-state index in [0.29, 0.717) is 18.4 Å². The first-order valence-electron chi connectivity index (χ1n) is 5.88. The van der Waals surface area contributed by atoms with Crippen LogP contribution in [0.2, 0.25) is 0 Å². The van der Waals surface area contributed by atoms with Gasteiger partial charge in [-0.1, -0.05) is 32.0 Å². The zero-order valence-electron chi connectivity index (χ0n) is 10.5. The number of nitro groups is 1. The summed E-state index contributed by atoms with van der Waals surface area (Å²) in [6.45, 7) is 3.69. The van der Waals surface area contributed by atoms with Gasteiger partial charge in [0.15, 0.2) is 0 Å². The van der Waals surface area contributed by atoms with E-state index in [1.54, 1.807) is 18.2 Å². The molecule has 0 bridgehead atoms. The molecular formula is C13H17NO4. The number of carboxylic acids is 1. The number of para-hydroxylation sites is 1. The van der Waals surface area contributed by atoms with Gasteiger partial charge in [0.25, 0.3) is 5.69 Å². The highest BCUT2D eigenvalue weighted by atomic mass is 16.6. The van der Waals surface area contributed by atoms with Crippen molar-refractivity contribution >= 4 is 11.7 Å². The molecule has 98 valence electrons. The lowest BCUT2D eigenvalue weighted by molar-refractivity contribution is -0.385. The summed E-state index contributed by atoms with van der Waals surface area (Å²) in [6.07, 6.45) is 0.824. The van der Waals surface area contributed by atoms with Gasteiger partial charge in [-0.05, 0) is 18.8 Å². The SMILES string of the molecule is CC(C)C(CCc1ccccc1[N+](=O)[O-])C(=O)O. The number of nitrogens with zero attached hydrogens (tertiary/aromatic N) is 1. The lowest BCUT2D eigenvalue weighted by atomic mass is 9.89. The van der Waals surface area contributed by atoms with E-state index in [2.05, 4.69) is 0 Å². The van der Waals surface area contributed by atoms with Crippen molar-refractivity contribution in [1.82, 2.24) is 0 Å². The van der Waals surface area contributed by atoms with E-state index >= 15 is 0 Å². The average molecular weight is 251 g/mol. The molecule has 0 amide bonds. The van der Waals surface area contributed by atoms with E-state index < -0.39 is 16.8 Å². The van der Waals surface area contributed by atoms with Crippen LogP contribution in [0.4, 0.5) is 5.69 Å². The lowest BCUT2D eigenvalue weighted by Gasteiger charge is -2.15. The van der Waals surface area contributed by atoms with Crippen LogP contribution >= 0.6 is 0 Å². The minimum absolute atomic E-state index is 0.0188. The van der Waals surface area contributed by atoms with Crippen LogP contribution in [0.15, 0.2) is 24.3 Å². The summed E-state index contributed by atoms with van der Waals surface area (Å²) in [4.78, 5) is 21.4. The smallest absolute Gasteiger partial charge is 0.306 e. The van der Waals surface area contributed by atoms with E-state index in [-0.39, 0.29) is 11.6 Å². The van der Waals surface area contributed by atoms with E-state index in [0.717, 1.165) is 0 Å². The number of carbonyl (C=O) groups is 1. The number of rotatable bonds is 6. The summed E-state index contributed by atoms with van der Waals surface area (Å²) < 4.78 is 0. The van der Waals surface area contributed by atoms with E-state index in [9.17, 15) is 14.9 Å². The van der Waals surface area contributed by atoms with Crippen LogP contribution in [0.25, 0.3) is 0 Å². The molecule has 1 aromatic rings. The van der Waals surface area contributed by atoms with Crippen LogP contribution < -0.4 is 0 Å². The molecule has 1 N–H and O–H groups in total. The van der Waals surface area contributed by atoms with E-state index in [1.165, 1.54) is 6.07 Å². The van der Waals surface area contributed by atoms with Gasteiger partial charge >= 0.3 is 5.97 Å². The summed E-state index contributed by atoms with van der Waals surface area (Å²) in [5.74, 6) is -1.29. The van der Waals surface area contributed by atoms with Crippen molar-refractivity contribution in [3.8, 4) is 0 Å². The van der Waals surface area contributed by atoms with E-state index in [4.69, 9.17) is 5.11 Å². The molecule has 18 heavy (non-hydrogen) atoms. The van der Waals surface area contributed by atoms with Crippen LogP contribution in [0.3, 0.4) is 0 Å². The number of carboxylic acid groups (broad SMARTS) is 1. The van der Waals surface area contributed by atoms with Crippen molar-refractivity contribution in [2.24, 2.45) is 11.8 Å². The Morgan fingerprint density at radius 1 is 1.39 bits per heavy atom. The number of benzene rings is 1. The Morgan fingerprint density at radius 3 is 2.50 bits per heavy atom. The standard InChI is InChI=1S/C13H17NO4/c1-9(2)11(13(15)16)8-7-10-5-3-4-6-12(10)14(17)18/h3-6,9,11H,7-8H2,1-2H3,(H,15,16). The molecule has 0 fully saturated rings. The van der Waals surface area contributed by atoms with Gasteiger partial charge in [0.2, 0.25) is 0 Å². The largest absolute Gasteiger partial charge is 0.481 e. The van der Waals surface area contributed by atoms with Crippen LogP contribution in [0, 0.1) is 22.0 Å². The first kappa shape index (κ1) is 14.2. The fourth-order valence-electron chi connectivity index (χ4n) is 1.95. The van der Waals surface area contributed by atoms with Gasteiger partial charge in [0.05, 0.1) is 10.8 Å². The predicted molar refractivity (Wildman–Crippen MR) is 67.4 cm³/mol. The molecule has 0 aliphatic rings. The van der Waals surface area contributed by atoms with Gasteiger partial charge in [0.1, 0.15) is 0 Å². The second-order valence-electron chi connectivity index (χ2n) is 4.61. The third kappa shape index (κ3) is 3.55. The first-order valence-corrected chi connectivity index (χ1v) is 5.88. The van der Waals surface area contributed by atoms with Crippen molar-refractivity contribution in [1.29, 1.82) is 0 Å². The number of nitro benzene ring substituents is 1. The molecule has 1 aromatic carbocycles. The molecule has 0 heterocycles. The number of aliphatic carboxylic acids is 1. The maximum atomic E-state index is 11.0. The van der Waals surface area contributed by atoms with Crippen LogP contribution in [0.1, 0.15) is 25.8 Å². The second kappa shape index (κ2) is 6.14. The molecule has 5 nitrogen and oxygen atoms in total. The molecule has 0 aromatic heterocycles. The molecular weight excluding hydrogens is 234 g/mol. The van der Waals surface area contributed by atoms with Crippen LogP contribution in [-0.4, -0.2) is 16.0 Å². The molecule has 0 aliphatic heterocycles. The third-order valence-corrected chi connectivity index (χ3v) is 3.03. The zero-order chi connectivity index (χ0) is 13.7. The van der Waals surface area contributed by atoms with Gasteiger partial charge in [0, 0.05) is 11.6 Å². The van der Waals surface area contributed by atoms with Crippen molar-refractivity contribution in [3.63, 3.8) is 0 Å². The molecule has 0 saturated carbocycles. The highest BCUT2D eigenvalue weighted by molar-refractivity contribution is 5.70. The third-order valence-electron chi connectivity index (χ3n) is 3.03. The van der Waals surface area contributed by atoms with Crippen molar-refractivity contribution < 1.29 is 14.8 Å². The minimum Gasteiger partial charge on any atom is -0.481 e. The number of hydrogen-bond donors (Lipinski definition) is 1. The Hall–Kier alpha value is -1.91. The maximum absolute atomic E-state index is 11.0. The second-order valence-corrected chi connectivity index (χ2v) is 4.61. The predicted octanol–water partition coefficient (Wildman–Crippen LogP) is 2.88. The van der Waals surface area contributed by atoms with Crippen molar-refractivity contribution in [2.45, 2.75) is 26.7 Å². The highest BCUT2D eigenvalue weighted by Gasteiger charge is 2.22. The molecule has 5 heteroatoms. The Morgan fingerprint density at radius 2 is 2.00 bits per heavy atom. The number of aryl methyl sites for hydroxylation is 1. The van der Waals surface area contributed by atoms with Crippen molar-refractivity contribution in [2.75, 3.05) is 0 Å². The van der Waals surface area contributed by atoms with Gasteiger partial charge in [-0.2, -0.15) is 0 Å². The van der Waals surface area contributed by atoms with E-state index in [1.807, 2.05) is 13.8 Å². The summed E-state index contributed by atoms with van der Waals surface area (Å²) in [6, 6.07) is 6.46. The number of hydrogen-bond acceptors (Lipinski definition) is 3. The fourth-order valence-corrected chi connectivity index (χ4v) is 1.95. The Balaban J connectivity index is 2.79. The molecule has 0 spiro atoms. The normalized spacial score (nSPS) is 12.4. The summed E-state index contributed by atoms with van der Waals surface area (Å²) >= 11 is 0. The molecule has 0 radical (unpaired) electrons. The minimum atomic E-state index is -0.844. The zero-order valence-corrected chi connectivity index (χ0v) is 10.5. The first-order chi connectivity index (χ1) is 8.43. The summed E-state index contributed by atoms with van der Waals surface area (Å²) in [5, 5.41) is 19.9. The molecule has 1 atom stereocenters. The molecule has 0 aliphatic carbocycles. The highest BCUT2D eigenvalue weighted by Crippen LogP contribution is 2.23. The molecule has 0 saturated heterocycles. The maximum Gasteiger partial charge on any atom is 0.306 e. The van der Waals surface area contributed by atoms with Gasteiger partial charge in [-0.25, -0.2) is 0 Å². The van der Waals surface area contributed by atoms with Gasteiger partial charge < -0.3 is 5.11 Å². The fraction of sp³-hybridized carbons (Fsp3) is 0.462. The summed E-state index contributed by atoms with van der Waals surface area (Å²) in [5.41, 5.74) is 0.653. The topological polar surface area (TPSA) is 80.4 Å². The van der Waals surface area contributed by atoms with Crippen molar-refractivity contribution in [3.05, 3.63) is 39.9 Å². The molecule has 1 unspecified atom stereocenters. The Bertz CT molecular complexity index is 442. The monoisotopic (exact) mass is 251 g/mol. The van der Waals surface area contributed by atoms with Crippen LogP contribution in [-0.2, 0) is 11.2 Å². The quantitative estimate of drug-likeness (QED) is 0.622. The average Bonchev–Trinajstić information content (AvgIpc) is 2.28. The Labute approximate surface area is 106 Å².